The van der Waals surface area contributed by atoms with Gasteiger partial charge in [0.05, 0.1) is 4.88 Å². The van der Waals surface area contributed by atoms with Gasteiger partial charge in [-0.1, -0.05) is 13.8 Å². The topological polar surface area (TPSA) is 17.1 Å². The van der Waals surface area contributed by atoms with Crippen molar-refractivity contribution in [1.29, 1.82) is 0 Å². The van der Waals surface area contributed by atoms with E-state index in [2.05, 4.69) is 19.9 Å². The molecular weight excluding hydrogens is 204 g/mol. The molecule has 0 unspecified atom stereocenters. The van der Waals surface area contributed by atoms with E-state index >= 15 is 0 Å². The average Bonchev–Trinajstić information content (AvgIpc) is 2.66. The number of carbonyl (C=O) groups is 1. The lowest BCUT2D eigenvalue weighted by molar-refractivity contribution is 0.112. The van der Waals surface area contributed by atoms with Gasteiger partial charge in [0.25, 0.3) is 0 Å². The summed E-state index contributed by atoms with van der Waals surface area (Å²) < 4.78 is 0. The van der Waals surface area contributed by atoms with Crippen LogP contribution in [0.5, 0.6) is 0 Å². The average molecular weight is 222 g/mol. The number of hydrogen-bond acceptors (Lipinski definition) is 2. The summed E-state index contributed by atoms with van der Waals surface area (Å²) in [4.78, 5) is 12.9. The smallest absolute Gasteiger partial charge is 0.160 e. The molecule has 0 aliphatic heterocycles. The molecule has 1 aliphatic rings. The van der Waals surface area contributed by atoms with Crippen molar-refractivity contribution in [1.82, 2.24) is 0 Å². The van der Waals surface area contributed by atoms with Gasteiger partial charge in [-0.3, -0.25) is 4.79 Å². The number of carbonyl (C=O) groups excluding carboxylic acids is 1. The molecule has 0 aromatic carbocycles. The Morgan fingerprint density at radius 2 is 2.00 bits per heavy atom. The second-order valence-corrected chi connectivity index (χ2v) is 6.44. The van der Waals surface area contributed by atoms with Crippen LogP contribution in [-0.4, -0.2) is 6.29 Å². The molecule has 1 aromatic rings. The molecule has 2 heteroatoms. The maximum absolute atomic E-state index is 10.6. The fourth-order valence-corrected chi connectivity index (χ4v) is 3.33. The van der Waals surface area contributed by atoms with E-state index in [0.717, 1.165) is 11.2 Å². The fourth-order valence-electron chi connectivity index (χ4n) is 2.33. The Balaban J connectivity index is 2.04. The lowest BCUT2D eigenvalue weighted by atomic mass is 9.73. The number of thiophene rings is 1. The van der Waals surface area contributed by atoms with Gasteiger partial charge >= 0.3 is 0 Å². The van der Waals surface area contributed by atoms with Crippen molar-refractivity contribution in [2.75, 3.05) is 0 Å². The summed E-state index contributed by atoms with van der Waals surface area (Å²) in [7, 11) is 0. The first kappa shape index (κ1) is 10.9. The first-order valence-corrected chi connectivity index (χ1v) is 6.47. The molecule has 0 amide bonds. The predicted octanol–water partition coefficient (Wildman–Crippen LogP) is 4.24. The SMILES string of the molecule is CC1(C)CCC(c2ccc(C=O)s2)CC1. The molecule has 1 aromatic heterocycles. The highest BCUT2D eigenvalue weighted by atomic mass is 32.1. The van der Waals surface area contributed by atoms with Crippen LogP contribution in [0.2, 0.25) is 0 Å². The van der Waals surface area contributed by atoms with E-state index in [1.165, 1.54) is 30.6 Å². The standard InChI is InChI=1S/C13H18OS/c1-13(2)7-5-10(6-8-13)12-4-3-11(9-14)15-12/h3-4,9-10H,5-8H2,1-2H3. The molecule has 0 atom stereocenters. The van der Waals surface area contributed by atoms with Gasteiger partial charge in [-0.15, -0.1) is 11.3 Å². The zero-order valence-electron chi connectivity index (χ0n) is 9.45. The second-order valence-electron chi connectivity index (χ2n) is 5.30. The largest absolute Gasteiger partial charge is 0.297 e. The van der Waals surface area contributed by atoms with Crippen LogP contribution in [0, 0.1) is 5.41 Å². The van der Waals surface area contributed by atoms with Crippen molar-refractivity contribution in [3.05, 3.63) is 21.9 Å². The van der Waals surface area contributed by atoms with Crippen molar-refractivity contribution in [3.63, 3.8) is 0 Å². The quantitative estimate of drug-likeness (QED) is 0.684. The molecule has 0 bridgehead atoms. The van der Waals surface area contributed by atoms with Crippen LogP contribution in [-0.2, 0) is 0 Å². The molecule has 1 aliphatic carbocycles. The Morgan fingerprint density at radius 1 is 1.33 bits per heavy atom. The molecule has 2 rings (SSSR count). The van der Waals surface area contributed by atoms with Crippen LogP contribution < -0.4 is 0 Å². The zero-order chi connectivity index (χ0) is 10.9. The van der Waals surface area contributed by atoms with Gasteiger partial charge in [0, 0.05) is 4.88 Å². The van der Waals surface area contributed by atoms with Gasteiger partial charge in [0.15, 0.2) is 6.29 Å². The van der Waals surface area contributed by atoms with Crippen LogP contribution in [0.1, 0.15) is 60.0 Å². The van der Waals surface area contributed by atoms with Crippen LogP contribution in [0.3, 0.4) is 0 Å². The number of aldehydes is 1. The predicted molar refractivity (Wildman–Crippen MR) is 64.7 cm³/mol. The van der Waals surface area contributed by atoms with E-state index in [1.54, 1.807) is 11.3 Å². The van der Waals surface area contributed by atoms with E-state index in [-0.39, 0.29) is 0 Å². The first-order valence-electron chi connectivity index (χ1n) is 5.66. The molecule has 1 nitrogen and oxygen atoms in total. The van der Waals surface area contributed by atoms with Crippen molar-refractivity contribution < 1.29 is 4.79 Å². The van der Waals surface area contributed by atoms with Crippen LogP contribution in [0.25, 0.3) is 0 Å². The molecular formula is C13H18OS. The summed E-state index contributed by atoms with van der Waals surface area (Å²) in [6, 6.07) is 4.09. The maximum Gasteiger partial charge on any atom is 0.160 e. The highest BCUT2D eigenvalue weighted by molar-refractivity contribution is 7.13. The van der Waals surface area contributed by atoms with Gasteiger partial charge in [-0.25, -0.2) is 0 Å². The van der Waals surface area contributed by atoms with Crippen molar-refractivity contribution >= 4 is 17.6 Å². The fraction of sp³-hybridized carbons (Fsp3) is 0.615. The summed E-state index contributed by atoms with van der Waals surface area (Å²) in [5, 5.41) is 0. The Morgan fingerprint density at radius 3 is 2.53 bits per heavy atom. The summed E-state index contributed by atoms with van der Waals surface area (Å²) in [6.45, 7) is 4.71. The number of rotatable bonds is 2. The van der Waals surface area contributed by atoms with E-state index in [0.29, 0.717) is 11.3 Å². The first-order chi connectivity index (χ1) is 7.11. The molecule has 0 N–H and O–H groups in total. The molecule has 0 radical (unpaired) electrons. The highest BCUT2D eigenvalue weighted by Crippen LogP contribution is 2.43. The lowest BCUT2D eigenvalue weighted by Gasteiger charge is -2.33. The highest BCUT2D eigenvalue weighted by Gasteiger charge is 2.28. The maximum atomic E-state index is 10.6. The zero-order valence-corrected chi connectivity index (χ0v) is 10.3. The Labute approximate surface area is 95.5 Å². The van der Waals surface area contributed by atoms with Crippen molar-refractivity contribution in [2.24, 2.45) is 5.41 Å². The molecule has 1 fully saturated rings. The van der Waals surface area contributed by atoms with Gasteiger partial charge < -0.3 is 0 Å². The second kappa shape index (κ2) is 4.09. The monoisotopic (exact) mass is 222 g/mol. The van der Waals surface area contributed by atoms with E-state index < -0.39 is 0 Å². The summed E-state index contributed by atoms with van der Waals surface area (Å²) in [5.74, 6) is 0.705. The lowest BCUT2D eigenvalue weighted by Crippen LogP contribution is -2.19. The van der Waals surface area contributed by atoms with Crippen molar-refractivity contribution in [3.8, 4) is 0 Å². The van der Waals surface area contributed by atoms with E-state index in [1.807, 2.05) is 6.07 Å². The van der Waals surface area contributed by atoms with Gasteiger partial charge in [-0.05, 0) is 49.1 Å². The minimum absolute atomic E-state index is 0.529. The third-order valence-electron chi connectivity index (χ3n) is 3.51. The summed E-state index contributed by atoms with van der Waals surface area (Å²) >= 11 is 1.67. The normalized spacial score (nSPS) is 21.5. The Bertz CT molecular complexity index is 341. The molecule has 0 saturated heterocycles. The third-order valence-corrected chi connectivity index (χ3v) is 4.68. The summed E-state index contributed by atoms with van der Waals surface area (Å²) in [5.41, 5.74) is 0.529. The van der Waals surface area contributed by atoms with E-state index in [9.17, 15) is 4.79 Å². The van der Waals surface area contributed by atoms with Crippen LogP contribution >= 0.6 is 11.3 Å². The van der Waals surface area contributed by atoms with E-state index in [4.69, 9.17) is 0 Å². The molecule has 0 spiro atoms. The van der Waals surface area contributed by atoms with Crippen LogP contribution in [0.4, 0.5) is 0 Å². The Hall–Kier alpha value is -0.630. The third kappa shape index (κ3) is 2.49. The minimum Gasteiger partial charge on any atom is -0.297 e. The number of hydrogen-bond donors (Lipinski definition) is 0. The van der Waals surface area contributed by atoms with Gasteiger partial charge in [-0.2, -0.15) is 0 Å². The van der Waals surface area contributed by atoms with Gasteiger partial charge in [0.1, 0.15) is 0 Å². The molecule has 82 valence electrons. The Kier molecular flexibility index (Phi) is 2.96. The summed E-state index contributed by atoms with van der Waals surface area (Å²) in [6.07, 6.45) is 6.15. The van der Waals surface area contributed by atoms with Gasteiger partial charge in [0.2, 0.25) is 0 Å². The molecule has 1 heterocycles. The molecule has 1 saturated carbocycles. The molecule has 15 heavy (non-hydrogen) atoms. The van der Waals surface area contributed by atoms with Crippen LogP contribution in [0.15, 0.2) is 12.1 Å². The van der Waals surface area contributed by atoms with Crippen molar-refractivity contribution in [2.45, 2.75) is 45.4 Å². The minimum atomic E-state index is 0.529.